The van der Waals surface area contributed by atoms with Crippen LogP contribution in [0.4, 0.5) is 0 Å². The van der Waals surface area contributed by atoms with Crippen LogP contribution in [0.15, 0.2) is 32.1 Å². The molecule has 2 nitrogen and oxygen atoms in total. The second-order valence-electron chi connectivity index (χ2n) is 3.87. The zero-order chi connectivity index (χ0) is 13.5. The first-order chi connectivity index (χ1) is 8.54. The fourth-order valence-electron chi connectivity index (χ4n) is 1.41. The summed E-state index contributed by atoms with van der Waals surface area (Å²) in [5.41, 5.74) is 1.22. The Kier molecular flexibility index (Phi) is 7.53. The van der Waals surface area contributed by atoms with Crippen molar-refractivity contribution in [1.82, 2.24) is 5.32 Å². The molecule has 0 aliphatic heterocycles. The average molecular weight is 442 g/mol. The average Bonchev–Trinajstić information content (AvgIpc) is 2.28. The summed E-state index contributed by atoms with van der Waals surface area (Å²) in [6.45, 7) is 8.24. The monoisotopic (exact) mass is 439 g/mol. The summed E-state index contributed by atoms with van der Waals surface area (Å²) in [6, 6.07) is 4.14. The number of ether oxygens (including phenoxy) is 1. The molecule has 0 unspecified atom stereocenters. The lowest BCUT2D eigenvalue weighted by Gasteiger charge is -2.12. The maximum absolute atomic E-state index is 5.65. The third-order valence-corrected chi connectivity index (χ3v) is 3.59. The van der Waals surface area contributed by atoms with Gasteiger partial charge in [0.05, 0.1) is 8.95 Å². The molecule has 0 fully saturated rings. The molecule has 0 saturated heterocycles. The zero-order valence-corrected chi connectivity index (χ0v) is 15.0. The first kappa shape index (κ1) is 16.2. The van der Waals surface area contributed by atoms with Gasteiger partial charge in [-0.25, -0.2) is 0 Å². The lowest BCUT2D eigenvalue weighted by atomic mass is 10.2. The summed E-state index contributed by atoms with van der Waals surface area (Å²) in [5, 5.41) is 3.37. The van der Waals surface area contributed by atoms with Crippen molar-refractivity contribution in [2.45, 2.75) is 19.9 Å². The molecule has 0 radical (unpaired) electrons. The first-order valence-corrected chi connectivity index (χ1v) is 8.07. The molecule has 0 aliphatic rings. The van der Waals surface area contributed by atoms with Gasteiger partial charge in [0, 0.05) is 11.0 Å². The third kappa shape index (κ3) is 5.43. The van der Waals surface area contributed by atoms with Gasteiger partial charge in [0.15, 0.2) is 0 Å². The van der Waals surface area contributed by atoms with E-state index in [0.717, 1.165) is 38.7 Å². The molecule has 1 aromatic carbocycles. The molecule has 0 aromatic heterocycles. The van der Waals surface area contributed by atoms with Crippen molar-refractivity contribution in [2.24, 2.45) is 0 Å². The number of nitrogens with one attached hydrogen (secondary N) is 1. The highest BCUT2D eigenvalue weighted by Gasteiger charge is 2.09. The summed E-state index contributed by atoms with van der Waals surface area (Å²) in [6.07, 6.45) is 1.14. The summed E-state index contributed by atoms with van der Waals surface area (Å²) in [5.74, 6) is 0.801. The number of hydrogen-bond donors (Lipinski definition) is 1. The predicted molar refractivity (Wildman–Crippen MR) is 87.4 cm³/mol. The Balaban J connectivity index is 2.74. The van der Waals surface area contributed by atoms with Crippen LogP contribution >= 0.6 is 47.8 Å². The van der Waals surface area contributed by atoms with Crippen molar-refractivity contribution < 1.29 is 4.74 Å². The Hall–Kier alpha value is 0.160. The van der Waals surface area contributed by atoms with E-state index in [0.29, 0.717) is 6.61 Å². The number of rotatable bonds is 7. The van der Waals surface area contributed by atoms with Gasteiger partial charge in [-0.1, -0.05) is 29.4 Å². The van der Waals surface area contributed by atoms with E-state index in [1.54, 1.807) is 0 Å². The van der Waals surface area contributed by atoms with Crippen LogP contribution in [-0.2, 0) is 6.54 Å². The van der Waals surface area contributed by atoms with Gasteiger partial charge in [-0.05, 0) is 62.5 Å². The highest BCUT2D eigenvalue weighted by Crippen LogP contribution is 2.35. The molecular weight excluding hydrogens is 426 g/mol. The molecule has 1 rings (SSSR count). The van der Waals surface area contributed by atoms with Gasteiger partial charge in [0.2, 0.25) is 0 Å². The lowest BCUT2D eigenvalue weighted by Crippen LogP contribution is -2.13. The molecular formula is C13H16Br3NO. The molecule has 100 valence electrons. The largest absolute Gasteiger partial charge is 0.486 e. The van der Waals surface area contributed by atoms with Crippen LogP contribution in [0.1, 0.15) is 18.9 Å². The highest BCUT2D eigenvalue weighted by atomic mass is 79.9. The highest BCUT2D eigenvalue weighted by molar-refractivity contribution is 9.11. The van der Waals surface area contributed by atoms with Crippen LogP contribution in [0.2, 0.25) is 0 Å². The summed E-state index contributed by atoms with van der Waals surface area (Å²) < 4.78 is 8.35. The van der Waals surface area contributed by atoms with Crippen molar-refractivity contribution in [3.63, 3.8) is 0 Å². The normalized spacial score (nSPS) is 10.4. The van der Waals surface area contributed by atoms with Gasteiger partial charge >= 0.3 is 0 Å². The minimum atomic E-state index is 0.449. The fourth-order valence-corrected chi connectivity index (χ4v) is 3.04. The molecule has 0 spiro atoms. The smallest absolute Gasteiger partial charge is 0.148 e. The molecule has 18 heavy (non-hydrogen) atoms. The van der Waals surface area contributed by atoms with Crippen molar-refractivity contribution in [1.29, 1.82) is 0 Å². The Morgan fingerprint density at radius 2 is 1.94 bits per heavy atom. The van der Waals surface area contributed by atoms with E-state index < -0.39 is 0 Å². The Morgan fingerprint density at radius 3 is 2.44 bits per heavy atom. The minimum absolute atomic E-state index is 0.449. The van der Waals surface area contributed by atoms with Crippen molar-refractivity contribution in [3.05, 3.63) is 37.7 Å². The van der Waals surface area contributed by atoms with E-state index >= 15 is 0 Å². The maximum Gasteiger partial charge on any atom is 0.148 e. The molecule has 0 bridgehead atoms. The fraction of sp³-hybridized carbons (Fsp3) is 0.385. The molecule has 0 saturated carbocycles. The van der Waals surface area contributed by atoms with Crippen LogP contribution in [0.25, 0.3) is 0 Å². The zero-order valence-electron chi connectivity index (χ0n) is 10.2. The van der Waals surface area contributed by atoms with E-state index in [4.69, 9.17) is 4.74 Å². The summed E-state index contributed by atoms with van der Waals surface area (Å²) >= 11 is 10.3. The second kappa shape index (κ2) is 8.35. The topological polar surface area (TPSA) is 21.3 Å². The molecule has 0 amide bonds. The predicted octanol–water partition coefficient (Wildman–Crippen LogP) is 5.00. The maximum atomic E-state index is 5.65. The van der Waals surface area contributed by atoms with Gasteiger partial charge in [-0.15, -0.1) is 0 Å². The molecule has 0 aliphatic carbocycles. The Labute approximate surface area is 134 Å². The molecule has 1 N–H and O–H groups in total. The van der Waals surface area contributed by atoms with Gasteiger partial charge < -0.3 is 10.1 Å². The number of hydrogen-bond acceptors (Lipinski definition) is 2. The second-order valence-corrected chi connectivity index (χ2v) is 6.70. The van der Waals surface area contributed by atoms with Crippen LogP contribution in [-0.4, -0.2) is 13.2 Å². The quantitative estimate of drug-likeness (QED) is 0.601. The third-order valence-electron chi connectivity index (χ3n) is 2.19. The van der Waals surface area contributed by atoms with E-state index in [1.807, 2.05) is 0 Å². The van der Waals surface area contributed by atoms with Gasteiger partial charge in [0.25, 0.3) is 0 Å². The van der Waals surface area contributed by atoms with Crippen molar-refractivity contribution >= 4 is 47.8 Å². The number of halogens is 3. The van der Waals surface area contributed by atoms with E-state index in [-0.39, 0.29) is 0 Å². The SMILES string of the molecule is C=C(Br)COc1c(Br)cc(CNCCC)cc1Br. The van der Waals surface area contributed by atoms with E-state index in [9.17, 15) is 0 Å². The molecule has 5 heteroatoms. The molecule has 1 aromatic rings. The van der Waals surface area contributed by atoms with Crippen LogP contribution < -0.4 is 10.1 Å². The van der Waals surface area contributed by atoms with Crippen LogP contribution in [0.5, 0.6) is 5.75 Å². The van der Waals surface area contributed by atoms with Crippen molar-refractivity contribution in [2.75, 3.05) is 13.2 Å². The van der Waals surface area contributed by atoms with Crippen molar-refractivity contribution in [3.8, 4) is 5.75 Å². The van der Waals surface area contributed by atoms with Gasteiger partial charge in [-0.3, -0.25) is 0 Å². The standard InChI is InChI=1S/C13H16Br3NO/c1-3-4-17-7-10-5-11(15)13(12(16)6-10)18-8-9(2)14/h5-6,17H,2-4,7-8H2,1H3. The Morgan fingerprint density at radius 1 is 1.33 bits per heavy atom. The molecule has 0 heterocycles. The van der Waals surface area contributed by atoms with Crippen LogP contribution in [0.3, 0.4) is 0 Å². The summed E-state index contributed by atoms with van der Waals surface area (Å²) in [4.78, 5) is 0. The Bertz CT molecular complexity index is 398. The van der Waals surface area contributed by atoms with Crippen LogP contribution in [0, 0.1) is 0 Å². The molecule has 0 atom stereocenters. The number of benzene rings is 1. The van der Waals surface area contributed by atoms with E-state index in [1.165, 1.54) is 5.56 Å². The summed E-state index contributed by atoms with van der Waals surface area (Å²) in [7, 11) is 0. The minimum Gasteiger partial charge on any atom is -0.486 e. The first-order valence-electron chi connectivity index (χ1n) is 5.69. The van der Waals surface area contributed by atoms with Gasteiger partial charge in [0.1, 0.15) is 12.4 Å². The lowest BCUT2D eigenvalue weighted by molar-refractivity contribution is 0.356. The van der Waals surface area contributed by atoms with E-state index in [2.05, 4.69) is 78.7 Å². The van der Waals surface area contributed by atoms with Gasteiger partial charge in [-0.2, -0.15) is 0 Å².